The van der Waals surface area contributed by atoms with E-state index in [4.69, 9.17) is 21.2 Å². The first-order valence-electron chi connectivity index (χ1n) is 10.4. The fourth-order valence-corrected chi connectivity index (χ4v) is 3.99. The highest BCUT2D eigenvalue weighted by Crippen LogP contribution is 2.22. The molecular formula is C21H25ClN4O6. The number of morpholine rings is 1. The van der Waals surface area contributed by atoms with E-state index in [1.165, 1.54) is 17.0 Å². The molecule has 2 saturated heterocycles. The maximum atomic E-state index is 13.0. The molecule has 3 heterocycles. The largest absolute Gasteiger partial charge is 0.492 e. The van der Waals surface area contributed by atoms with Crippen LogP contribution in [-0.2, 0) is 11.3 Å². The number of rotatable bonds is 4. The molecule has 0 spiro atoms. The molecule has 0 aliphatic carbocycles. The van der Waals surface area contributed by atoms with Gasteiger partial charge in [-0.15, -0.1) is 4.73 Å². The van der Waals surface area contributed by atoms with Gasteiger partial charge >= 0.3 is 6.09 Å². The highest BCUT2D eigenvalue weighted by Gasteiger charge is 2.26. The first-order chi connectivity index (χ1) is 15.4. The Balaban J connectivity index is 1.37. The second-order valence-corrected chi connectivity index (χ2v) is 8.11. The molecule has 0 saturated carbocycles. The van der Waals surface area contributed by atoms with Gasteiger partial charge in [0.1, 0.15) is 0 Å². The quantitative estimate of drug-likeness (QED) is 0.704. The van der Waals surface area contributed by atoms with Crippen molar-refractivity contribution in [3.63, 3.8) is 0 Å². The van der Waals surface area contributed by atoms with Crippen molar-refractivity contribution < 1.29 is 29.4 Å². The SMILES string of the molecule is O=C(On1c(O)ccc1O)N1CCN(Cc2cc(Cl)ccc2C(=O)N2CCOCC2)CC1. The summed E-state index contributed by atoms with van der Waals surface area (Å²) < 4.78 is 6.01. The number of aromatic hydroxyl groups is 2. The Morgan fingerprint density at radius 2 is 1.59 bits per heavy atom. The highest BCUT2D eigenvalue weighted by atomic mass is 35.5. The Morgan fingerprint density at radius 3 is 2.25 bits per heavy atom. The first kappa shape index (κ1) is 22.3. The van der Waals surface area contributed by atoms with Crippen LogP contribution in [0.4, 0.5) is 4.79 Å². The summed E-state index contributed by atoms with van der Waals surface area (Å²) in [5.74, 6) is -0.769. The van der Waals surface area contributed by atoms with Crippen LogP contribution in [-0.4, -0.2) is 94.1 Å². The van der Waals surface area contributed by atoms with Crippen LogP contribution >= 0.6 is 11.6 Å². The van der Waals surface area contributed by atoms with Gasteiger partial charge in [0.05, 0.1) is 13.2 Å². The van der Waals surface area contributed by atoms with Gasteiger partial charge in [0.15, 0.2) is 0 Å². The van der Waals surface area contributed by atoms with Crippen LogP contribution < -0.4 is 4.84 Å². The number of halogens is 1. The molecule has 0 radical (unpaired) electrons. The third-order valence-corrected chi connectivity index (χ3v) is 5.82. The smallest absolute Gasteiger partial charge is 0.434 e. The number of hydrogen-bond donors (Lipinski definition) is 2. The summed E-state index contributed by atoms with van der Waals surface area (Å²) in [4.78, 5) is 35.8. The van der Waals surface area contributed by atoms with Crippen LogP contribution in [0, 0.1) is 0 Å². The van der Waals surface area contributed by atoms with Gasteiger partial charge in [0.2, 0.25) is 11.8 Å². The molecule has 1 aromatic carbocycles. The van der Waals surface area contributed by atoms with Crippen LogP contribution in [0.2, 0.25) is 5.02 Å². The number of aromatic nitrogens is 1. The fourth-order valence-electron chi connectivity index (χ4n) is 3.80. The molecule has 0 unspecified atom stereocenters. The molecule has 10 nitrogen and oxygen atoms in total. The van der Waals surface area contributed by atoms with Crippen LogP contribution in [0.5, 0.6) is 11.8 Å². The maximum Gasteiger partial charge on any atom is 0.434 e. The number of carbonyl (C=O) groups excluding carboxylic acids is 2. The minimum atomic E-state index is -0.669. The van der Waals surface area contributed by atoms with Crippen molar-refractivity contribution in [1.29, 1.82) is 0 Å². The lowest BCUT2D eigenvalue weighted by Crippen LogP contribution is -2.50. The molecule has 172 valence electrons. The zero-order chi connectivity index (χ0) is 22.7. The van der Waals surface area contributed by atoms with Crippen molar-refractivity contribution in [2.75, 3.05) is 52.5 Å². The molecule has 0 bridgehead atoms. The van der Waals surface area contributed by atoms with Crippen LogP contribution in [0.1, 0.15) is 15.9 Å². The summed E-state index contributed by atoms with van der Waals surface area (Å²) in [6.45, 7) is 4.64. The molecule has 4 rings (SSSR count). The summed E-state index contributed by atoms with van der Waals surface area (Å²) in [5.41, 5.74) is 1.46. The van der Waals surface area contributed by atoms with Gasteiger partial charge in [0.25, 0.3) is 5.91 Å². The average Bonchev–Trinajstić information content (AvgIpc) is 3.12. The Hall–Kier alpha value is -2.95. The number of amides is 2. The van der Waals surface area contributed by atoms with Gasteiger partial charge in [-0.1, -0.05) is 11.6 Å². The van der Waals surface area contributed by atoms with E-state index in [0.717, 1.165) is 5.56 Å². The van der Waals surface area contributed by atoms with Crippen molar-refractivity contribution in [3.8, 4) is 11.8 Å². The zero-order valence-corrected chi connectivity index (χ0v) is 18.2. The van der Waals surface area contributed by atoms with Gasteiger partial charge in [0, 0.05) is 68.5 Å². The number of nitrogens with zero attached hydrogens (tertiary/aromatic N) is 4. The molecule has 2 fully saturated rings. The van der Waals surface area contributed by atoms with Crippen molar-refractivity contribution in [1.82, 2.24) is 19.4 Å². The molecule has 1 aromatic heterocycles. The third kappa shape index (κ3) is 4.93. The number of piperazine rings is 1. The monoisotopic (exact) mass is 464 g/mol. The third-order valence-electron chi connectivity index (χ3n) is 5.59. The van der Waals surface area contributed by atoms with Crippen LogP contribution in [0.25, 0.3) is 0 Å². The van der Waals surface area contributed by atoms with Crippen LogP contribution in [0.15, 0.2) is 30.3 Å². The number of benzene rings is 1. The topological polar surface area (TPSA) is 108 Å². The average molecular weight is 465 g/mol. The number of hydrogen-bond acceptors (Lipinski definition) is 7. The summed E-state index contributed by atoms with van der Waals surface area (Å²) in [6, 6.07) is 7.74. The Labute approximate surface area is 190 Å². The molecule has 2 aliphatic rings. The summed E-state index contributed by atoms with van der Waals surface area (Å²) in [7, 11) is 0. The van der Waals surface area contributed by atoms with E-state index < -0.39 is 6.09 Å². The highest BCUT2D eigenvalue weighted by molar-refractivity contribution is 6.30. The number of ether oxygens (including phenoxy) is 1. The Bertz CT molecular complexity index is 963. The minimum Gasteiger partial charge on any atom is -0.492 e. The van der Waals surface area contributed by atoms with E-state index >= 15 is 0 Å². The van der Waals surface area contributed by atoms with Crippen LogP contribution in [0.3, 0.4) is 0 Å². The first-order valence-corrected chi connectivity index (χ1v) is 10.7. The van der Waals surface area contributed by atoms with E-state index in [-0.39, 0.29) is 17.7 Å². The lowest BCUT2D eigenvalue weighted by Gasteiger charge is -2.34. The van der Waals surface area contributed by atoms with Gasteiger partial charge in [-0.25, -0.2) is 4.79 Å². The molecule has 2 aromatic rings. The van der Waals surface area contributed by atoms with Crippen molar-refractivity contribution in [2.24, 2.45) is 0 Å². The van der Waals surface area contributed by atoms with E-state index in [2.05, 4.69) is 4.90 Å². The van der Waals surface area contributed by atoms with Gasteiger partial charge < -0.3 is 29.6 Å². The Morgan fingerprint density at radius 1 is 0.938 bits per heavy atom. The number of carbonyl (C=O) groups is 2. The predicted molar refractivity (Wildman–Crippen MR) is 115 cm³/mol. The Kier molecular flexibility index (Phi) is 6.73. The van der Waals surface area contributed by atoms with E-state index in [9.17, 15) is 19.8 Å². The molecule has 11 heteroatoms. The summed E-state index contributed by atoms with van der Waals surface area (Å²) in [6.07, 6.45) is -0.669. The van der Waals surface area contributed by atoms with Gasteiger partial charge in [-0.05, 0) is 23.8 Å². The summed E-state index contributed by atoms with van der Waals surface area (Å²) >= 11 is 6.21. The fraction of sp³-hybridized carbons (Fsp3) is 0.429. The second-order valence-electron chi connectivity index (χ2n) is 7.67. The molecular weight excluding hydrogens is 440 g/mol. The molecule has 0 atom stereocenters. The maximum absolute atomic E-state index is 13.0. The van der Waals surface area contributed by atoms with E-state index in [1.807, 2.05) is 6.07 Å². The standard InChI is InChI=1S/C21H25ClN4O6/c22-16-1-2-17(20(29)24-9-11-31-12-10-24)15(13-16)14-23-5-7-25(8-6-23)21(30)32-26-18(27)3-4-19(26)28/h1-4,13,27-28H,5-12,14H2. The molecule has 2 amide bonds. The van der Waals surface area contributed by atoms with Crippen molar-refractivity contribution in [2.45, 2.75) is 6.54 Å². The van der Waals surface area contributed by atoms with Gasteiger partial charge in [-0.2, -0.15) is 0 Å². The lowest BCUT2D eigenvalue weighted by molar-refractivity contribution is 0.0301. The van der Waals surface area contributed by atoms with Gasteiger partial charge in [-0.3, -0.25) is 9.69 Å². The van der Waals surface area contributed by atoms with E-state index in [1.54, 1.807) is 17.0 Å². The lowest BCUT2D eigenvalue weighted by atomic mass is 10.0. The molecule has 2 aliphatic heterocycles. The van der Waals surface area contributed by atoms with Crippen molar-refractivity contribution in [3.05, 3.63) is 46.5 Å². The predicted octanol–water partition coefficient (Wildman–Crippen LogP) is 1.39. The molecule has 2 N–H and O–H groups in total. The minimum absolute atomic E-state index is 0.0338. The second kappa shape index (κ2) is 9.68. The molecule has 32 heavy (non-hydrogen) atoms. The summed E-state index contributed by atoms with van der Waals surface area (Å²) in [5, 5.41) is 19.8. The van der Waals surface area contributed by atoms with Crippen molar-refractivity contribution >= 4 is 23.6 Å². The van der Waals surface area contributed by atoms with E-state index in [0.29, 0.717) is 74.3 Å². The zero-order valence-electron chi connectivity index (χ0n) is 17.4. The normalized spacial score (nSPS) is 17.4.